The first kappa shape index (κ1) is 29.3. The summed E-state index contributed by atoms with van der Waals surface area (Å²) in [7, 11) is -7.02. The van der Waals surface area contributed by atoms with E-state index in [0.29, 0.717) is 18.6 Å². The monoisotopic (exact) mass is 549 g/mol. The van der Waals surface area contributed by atoms with E-state index in [1.54, 1.807) is 24.3 Å². The molecule has 2 aromatic rings. The average Bonchev–Trinajstić information content (AvgIpc) is 2.91. The van der Waals surface area contributed by atoms with Crippen molar-refractivity contribution in [3.8, 4) is 5.75 Å². The Hall–Kier alpha value is -2.29. The summed E-state index contributed by atoms with van der Waals surface area (Å²) in [6, 6.07) is 12.4. The van der Waals surface area contributed by atoms with E-state index >= 15 is 0 Å². The zero-order valence-corrected chi connectivity index (χ0v) is 23.4. The molecule has 0 amide bonds. The molecule has 1 N–H and O–H groups in total. The normalized spacial score (nSPS) is 17.5. The molecule has 0 spiro atoms. The third-order valence-electron chi connectivity index (χ3n) is 6.19. The first-order valence-electron chi connectivity index (χ1n) is 12.6. The topological polar surface area (TPSA) is 108 Å². The van der Waals surface area contributed by atoms with E-state index in [-0.39, 0.29) is 35.0 Å². The molecule has 2 aromatic carbocycles. The summed E-state index contributed by atoms with van der Waals surface area (Å²) in [5, 5.41) is -1.94. The van der Waals surface area contributed by atoms with Gasteiger partial charge in [0.25, 0.3) is 0 Å². The van der Waals surface area contributed by atoms with Crippen molar-refractivity contribution in [3.05, 3.63) is 71.8 Å². The molecule has 0 saturated carbocycles. The average molecular weight is 550 g/mol. The predicted octanol–water partition coefficient (Wildman–Crippen LogP) is 6.19. The van der Waals surface area contributed by atoms with Gasteiger partial charge in [-0.1, -0.05) is 63.8 Å². The standard InChI is InChI=1S/C27H36NO7PS/c1-4-6-10-20-34-36(30,35-21-11-7-5-2)27(19-18-26(29)24-12-8-9-13-25(24)27)28-37(31,32)23-16-14-22(33-3)15-17-23/h8-9,12-19,28H,4-7,10-11,20-21H2,1-3H3. The molecule has 8 nitrogen and oxygen atoms in total. The van der Waals surface area contributed by atoms with E-state index in [9.17, 15) is 17.8 Å². The Bertz CT molecular complexity index is 1230. The number of benzene rings is 2. The van der Waals surface area contributed by atoms with E-state index in [4.69, 9.17) is 13.8 Å². The first-order chi connectivity index (χ1) is 17.7. The number of fused-ring (bicyclic) bond motifs is 1. The summed E-state index contributed by atoms with van der Waals surface area (Å²) in [6.45, 7) is 4.32. The molecule has 0 saturated heterocycles. The lowest BCUT2D eigenvalue weighted by atomic mass is 9.92. The Morgan fingerprint density at radius 3 is 2.05 bits per heavy atom. The molecule has 0 radical (unpaired) electrons. The van der Waals surface area contributed by atoms with Crippen molar-refractivity contribution in [2.75, 3.05) is 20.3 Å². The van der Waals surface area contributed by atoms with Crippen molar-refractivity contribution < 1.29 is 31.6 Å². The molecule has 0 fully saturated rings. The number of ketones is 1. The van der Waals surface area contributed by atoms with Gasteiger partial charge in [-0.25, -0.2) is 8.42 Å². The molecule has 10 heteroatoms. The van der Waals surface area contributed by atoms with Gasteiger partial charge in [0.2, 0.25) is 10.0 Å². The van der Waals surface area contributed by atoms with Crippen molar-refractivity contribution in [3.63, 3.8) is 0 Å². The highest BCUT2D eigenvalue weighted by molar-refractivity contribution is 7.90. The Morgan fingerprint density at radius 2 is 1.49 bits per heavy atom. The van der Waals surface area contributed by atoms with E-state index < -0.39 is 22.9 Å². The van der Waals surface area contributed by atoms with Crippen LogP contribution >= 0.6 is 7.60 Å². The van der Waals surface area contributed by atoms with Crippen molar-refractivity contribution in [2.45, 2.75) is 62.5 Å². The minimum Gasteiger partial charge on any atom is -0.497 e. The van der Waals surface area contributed by atoms with E-state index in [1.165, 1.54) is 43.5 Å². The van der Waals surface area contributed by atoms with Gasteiger partial charge < -0.3 is 13.8 Å². The van der Waals surface area contributed by atoms with Crippen molar-refractivity contribution in [1.82, 2.24) is 4.72 Å². The number of nitrogens with one attached hydrogen (secondary N) is 1. The third kappa shape index (κ3) is 6.59. The number of ether oxygens (including phenoxy) is 1. The number of hydrogen-bond donors (Lipinski definition) is 1. The molecule has 0 heterocycles. The van der Waals surface area contributed by atoms with Crippen LogP contribution in [0.25, 0.3) is 0 Å². The van der Waals surface area contributed by atoms with Crippen LogP contribution in [0.15, 0.2) is 65.6 Å². The van der Waals surface area contributed by atoms with Gasteiger partial charge in [-0.15, -0.1) is 0 Å². The second-order valence-corrected chi connectivity index (χ2v) is 12.8. The smallest absolute Gasteiger partial charge is 0.360 e. The Morgan fingerprint density at radius 1 is 0.892 bits per heavy atom. The molecule has 3 rings (SSSR count). The molecule has 1 atom stereocenters. The number of rotatable bonds is 15. The molecule has 37 heavy (non-hydrogen) atoms. The molecule has 1 unspecified atom stereocenters. The van der Waals surface area contributed by atoms with Gasteiger partial charge in [0.1, 0.15) is 5.75 Å². The van der Waals surface area contributed by atoms with Crippen LogP contribution in [0.5, 0.6) is 5.75 Å². The summed E-state index contributed by atoms with van der Waals surface area (Å²) in [5.41, 5.74) is 0.464. The Labute approximate surface area is 220 Å². The van der Waals surface area contributed by atoms with Gasteiger partial charge in [0, 0.05) is 11.1 Å². The fourth-order valence-corrected chi connectivity index (χ4v) is 8.10. The molecule has 1 aliphatic rings. The third-order valence-corrected chi connectivity index (χ3v) is 10.2. The molecular formula is C27H36NO7PS. The van der Waals surface area contributed by atoms with Gasteiger partial charge >= 0.3 is 7.60 Å². The number of methoxy groups -OCH3 is 1. The second-order valence-electron chi connectivity index (χ2n) is 8.87. The van der Waals surface area contributed by atoms with Gasteiger partial charge in [-0.2, -0.15) is 4.72 Å². The summed E-state index contributed by atoms with van der Waals surface area (Å²) in [5.74, 6) is 0.171. The fourth-order valence-electron chi connectivity index (χ4n) is 4.12. The van der Waals surface area contributed by atoms with Crippen LogP contribution in [0.4, 0.5) is 0 Å². The van der Waals surface area contributed by atoms with E-state index in [2.05, 4.69) is 4.72 Å². The van der Waals surface area contributed by atoms with Gasteiger partial charge in [-0.3, -0.25) is 9.36 Å². The highest BCUT2D eigenvalue weighted by atomic mass is 32.2. The zero-order chi connectivity index (χ0) is 26.9. The van der Waals surface area contributed by atoms with Crippen molar-refractivity contribution in [1.29, 1.82) is 0 Å². The quantitative estimate of drug-likeness (QED) is 0.209. The van der Waals surface area contributed by atoms with E-state index in [0.717, 1.165) is 25.7 Å². The number of allylic oxidation sites excluding steroid dienone is 1. The van der Waals surface area contributed by atoms with Gasteiger partial charge in [-0.05, 0) is 49.3 Å². The SMILES string of the molecule is CCCCCOP(=O)(OCCCCC)C1(NS(=O)(=O)c2ccc(OC)cc2)C=CC(=O)c2ccccc21. The maximum absolute atomic E-state index is 14.7. The zero-order valence-electron chi connectivity index (χ0n) is 21.6. The molecule has 0 aromatic heterocycles. The molecule has 1 aliphatic carbocycles. The lowest BCUT2D eigenvalue weighted by molar-refractivity contribution is 0.104. The minimum absolute atomic E-state index is 0.0565. The molecule has 0 bridgehead atoms. The lowest BCUT2D eigenvalue weighted by Crippen LogP contribution is -2.47. The summed E-state index contributed by atoms with van der Waals surface area (Å²) in [4.78, 5) is 12.7. The number of sulfonamides is 1. The lowest BCUT2D eigenvalue weighted by Gasteiger charge is -2.40. The van der Waals surface area contributed by atoms with Crippen LogP contribution in [-0.4, -0.2) is 34.5 Å². The fraction of sp³-hybridized carbons (Fsp3) is 0.444. The summed E-state index contributed by atoms with van der Waals surface area (Å²) in [6.07, 6.45) is 7.37. The molecule has 202 valence electrons. The number of hydrogen-bond acceptors (Lipinski definition) is 7. The highest BCUT2D eigenvalue weighted by Gasteiger charge is 2.56. The van der Waals surface area contributed by atoms with Crippen LogP contribution in [0.3, 0.4) is 0 Å². The maximum Gasteiger partial charge on any atom is 0.360 e. The van der Waals surface area contributed by atoms with Crippen LogP contribution in [0.2, 0.25) is 0 Å². The Kier molecular flexibility index (Phi) is 10.3. The van der Waals surface area contributed by atoms with Crippen LogP contribution in [0, 0.1) is 0 Å². The summed E-state index contributed by atoms with van der Waals surface area (Å²) < 4.78 is 61.9. The van der Waals surface area contributed by atoms with Crippen LogP contribution in [0.1, 0.15) is 68.3 Å². The maximum atomic E-state index is 14.7. The minimum atomic E-state index is -4.26. The van der Waals surface area contributed by atoms with Gasteiger partial charge in [0.15, 0.2) is 11.1 Å². The molecule has 0 aliphatic heterocycles. The first-order valence-corrected chi connectivity index (χ1v) is 15.7. The highest BCUT2D eigenvalue weighted by Crippen LogP contribution is 2.66. The summed E-state index contributed by atoms with van der Waals surface area (Å²) >= 11 is 0. The largest absolute Gasteiger partial charge is 0.497 e. The Balaban J connectivity index is 2.15. The predicted molar refractivity (Wildman–Crippen MR) is 143 cm³/mol. The van der Waals surface area contributed by atoms with Crippen LogP contribution < -0.4 is 9.46 Å². The van der Waals surface area contributed by atoms with Gasteiger partial charge in [0.05, 0.1) is 25.2 Å². The van der Waals surface area contributed by atoms with E-state index in [1.807, 2.05) is 13.8 Å². The van der Waals surface area contributed by atoms with Crippen molar-refractivity contribution in [2.24, 2.45) is 0 Å². The van der Waals surface area contributed by atoms with Crippen molar-refractivity contribution >= 4 is 23.4 Å². The molecular weight excluding hydrogens is 513 g/mol. The number of unbranched alkanes of at least 4 members (excludes halogenated alkanes) is 4. The number of carbonyl (C=O) groups excluding carboxylic acids is 1. The number of carbonyl (C=O) groups is 1. The van der Waals surface area contributed by atoms with Crippen LogP contribution in [-0.2, 0) is 28.9 Å². The second kappa shape index (κ2) is 13.0.